The number of hydrogen-bond acceptors (Lipinski definition) is 18. The van der Waals surface area contributed by atoms with Crippen LogP contribution >= 0.6 is 58.3 Å². The number of ether oxygens (including phenoxy) is 4. The van der Waals surface area contributed by atoms with Gasteiger partial charge in [-0.3, -0.25) is 20.2 Å². The minimum atomic E-state index is -0.875. The van der Waals surface area contributed by atoms with Gasteiger partial charge in [0.25, 0.3) is 0 Å². The van der Waals surface area contributed by atoms with Gasteiger partial charge in [0.05, 0.1) is 21.9 Å². The van der Waals surface area contributed by atoms with E-state index >= 15 is 0 Å². The van der Waals surface area contributed by atoms with Gasteiger partial charge in [-0.15, -0.1) is 0 Å². The number of anilines is 1. The van der Waals surface area contributed by atoms with Gasteiger partial charge >= 0.3 is 11.4 Å². The van der Waals surface area contributed by atoms with Crippen molar-refractivity contribution >= 4 is 75.5 Å². The summed E-state index contributed by atoms with van der Waals surface area (Å²) in [5, 5.41) is 44.8. The van der Waals surface area contributed by atoms with Gasteiger partial charge in [0, 0.05) is 11.5 Å². The smallest absolute Gasteiger partial charge is 0.348 e. The third-order valence-corrected chi connectivity index (χ3v) is 10.8. The van der Waals surface area contributed by atoms with Crippen LogP contribution in [0.25, 0.3) is 0 Å². The molecule has 2 aromatic heterocycles. The molecule has 0 amide bonds. The summed E-state index contributed by atoms with van der Waals surface area (Å²) in [6, 6.07) is -0.677. The normalized spacial score (nSPS) is 28.2. The molecule has 4 aliphatic rings. The molecule has 0 radical (unpaired) electrons. The molecule has 2 aliphatic carbocycles. The van der Waals surface area contributed by atoms with Gasteiger partial charge in [-0.1, -0.05) is 96.5 Å². The monoisotopic (exact) mass is 868 g/mol. The lowest BCUT2D eigenvalue weighted by atomic mass is 9.94. The summed E-state index contributed by atoms with van der Waals surface area (Å²) in [5.41, 5.74) is 4.96. The maximum Gasteiger partial charge on any atom is 0.348 e. The lowest BCUT2D eigenvalue weighted by Gasteiger charge is -2.30. The molecular formula is C32H43Cl3N8O10S2. The number of nitrogens with two attached hydrogens (primary N) is 1. The molecule has 0 unspecified atom stereocenters. The Morgan fingerprint density at radius 3 is 1.62 bits per heavy atom. The molecular weight excluding hydrogens is 827 g/mol. The van der Waals surface area contributed by atoms with Crippen molar-refractivity contribution in [3.63, 3.8) is 0 Å². The number of aliphatic hydroxyl groups excluding tert-OH is 2. The third kappa shape index (κ3) is 11.8. The molecule has 0 bridgehead atoms. The van der Waals surface area contributed by atoms with Gasteiger partial charge in [-0.2, -0.15) is 4.98 Å². The molecule has 304 valence electrons. The van der Waals surface area contributed by atoms with Crippen molar-refractivity contribution in [3.05, 3.63) is 60.0 Å². The molecule has 0 spiro atoms. The molecule has 5 N–H and O–H groups in total. The fraction of sp³-hybridized carbons (Fsp3) is 0.625. The van der Waals surface area contributed by atoms with Crippen LogP contribution in [0.3, 0.4) is 0 Å². The number of rotatable bonds is 10. The van der Waals surface area contributed by atoms with Crippen LogP contribution in [0.5, 0.6) is 0 Å². The molecule has 2 aliphatic heterocycles. The van der Waals surface area contributed by atoms with Crippen molar-refractivity contribution in [1.29, 1.82) is 0 Å². The van der Waals surface area contributed by atoms with Gasteiger partial charge in [0.2, 0.25) is 21.3 Å². The molecule has 23 heteroatoms. The Kier molecular flexibility index (Phi) is 15.9. The molecule has 4 heterocycles. The van der Waals surface area contributed by atoms with Crippen LogP contribution in [0.1, 0.15) is 54.4 Å². The number of halogens is 3. The second-order valence-electron chi connectivity index (χ2n) is 13.3. The van der Waals surface area contributed by atoms with Crippen molar-refractivity contribution in [2.45, 2.75) is 125 Å². The summed E-state index contributed by atoms with van der Waals surface area (Å²) in [5.74, 6) is 0.0694. The van der Waals surface area contributed by atoms with Crippen molar-refractivity contribution in [2.75, 3.05) is 16.8 Å². The van der Waals surface area contributed by atoms with E-state index in [1.165, 1.54) is 23.5 Å². The van der Waals surface area contributed by atoms with Crippen LogP contribution in [0, 0.1) is 20.2 Å². The number of thioether (sulfide) groups is 2. The van der Waals surface area contributed by atoms with Gasteiger partial charge in [0.1, 0.15) is 36.6 Å². The topological polar surface area (TPSA) is 253 Å². The van der Waals surface area contributed by atoms with Gasteiger partial charge < -0.3 is 40.2 Å². The summed E-state index contributed by atoms with van der Waals surface area (Å²) < 4.78 is 22.7. The fourth-order valence-corrected chi connectivity index (χ4v) is 7.97. The van der Waals surface area contributed by atoms with Crippen LogP contribution < -0.4 is 11.1 Å². The first-order valence-electron chi connectivity index (χ1n) is 17.1. The Morgan fingerprint density at radius 1 is 0.727 bits per heavy atom. The average molecular weight is 870 g/mol. The number of aliphatic hydroxyl groups is 2. The van der Waals surface area contributed by atoms with E-state index in [1.54, 1.807) is 38.2 Å². The number of hydrogen-bond donors (Lipinski definition) is 4. The largest absolute Gasteiger partial charge is 0.386 e. The van der Waals surface area contributed by atoms with Gasteiger partial charge in [-0.25, -0.2) is 15.0 Å². The number of nitrogens with zero attached hydrogens (tertiary/aromatic N) is 6. The fourth-order valence-electron chi connectivity index (χ4n) is 5.66. The van der Waals surface area contributed by atoms with E-state index in [4.69, 9.17) is 59.5 Å². The minimum absolute atomic E-state index is 0.0108. The van der Waals surface area contributed by atoms with Crippen LogP contribution in [0.15, 0.2) is 34.6 Å². The van der Waals surface area contributed by atoms with Crippen LogP contribution in [-0.4, -0.2) is 112 Å². The molecule has 2 fully saturated rings. The third-order valence-electron chi connectivity index (χ3n) is 7.92. The van der Waals surface area contributed by atoms with Gasteiger partial charge in [-0.05, 0) is 40.5 Å². The number of aromatic nitrogens is 4. The molecule has 18 nitrogen and oxygen atoms in total. The average Bonchev–Trinajstić information content (AvgIpc) is 3.61. The molecule has 2 aromatic rings. The summed E-state index contributed by atoms with van der Waals surface area (Å²) in [7, 11) is 0. The first kappa shape index (κ1) is 45.2. The van der Waals surface area contributed by atoms with Gasteiger partial charge in [0.15, 0.2) is 21.9 Å². The van der Waals surface area contributed by atoms with E-state index in [-0.39, 0.29) is 39.5 Å². The Balaban J connectivity index is 0.000000202. The van der Waals surface area contributed by atoms with E-state index in [0.29, 0.717) is 10.3 Å². The standard InChI is InChI=1S/C16H21ClN4O5S.C9H15NO3.C7H7Cl2N3O2S/c1-4-7-27-15-19-13(17)10(21(23)24)14(20-15)18-8-5-6-9(22)12-11(8)25-16(2,3)26-12;1-9(2)12-7-5(10)3-4-6(11)8(7)13-9;1-2-3-15-7-10-5(8)4(12(13)14)6(9)11-7/h5-6,8-9,11-12,22H,4,7H2,1-3H3,(H,18,19,20);3-8,11H,10H2,1-2H3;2-3H2,1H3/t8-,9+,11+,12-;5-,6+,7+,8-;/m11./s1. The number of fused-ring (bicyclic) bond motifs is 2. The summed E-state index contributed by atoms with van der Waals surface area (Å²) in [4.78, 5) is 36.5. The van der Waals surface area contributed by atoms with E-state index in [1.807, 2.05) is 27.7 Å². The molecule has 8 atom stereocenters. The highest BCUT2D eigenvalue weighted by Gasteiger charge is 2.50. The Hall–Kier alpha value is -2.47. The lowest BCUT2D eigenvalue weighted by Crippen LogP contribution is -2.48. The van der Waals surface area contributed by atoms with Crippen molar-refractivity contribution in [2.24, 2.45) is 5.73 Å². The zero-order valence-electron chi connectivity index (χ0n) is 30.6. The Bertz CT molecular complexity index is 1720. The van der Waals surface area contributed by atoms with Crippen molar-refractivity contribution in [1.82, 2.24) is 19.9 Å². The summed E-state index contributed by atoms with van der Waals surface area (Å²) >= 11 is 20.0. The van der Waals surface area contributed by atoms with Crippen LogP contribution in [0.2, 0.25) is 15.5 Å². The summed E-state index contributed by atoms with van der Waals surface area (Å²) in [6.07, 6.45) is 5.42. The zero-order valence-corrected chi connectivity index (χ0v) is 34.5. The first-order chi connectivity index (χ1) is 25.8. The summed E-state index contributed by atoms with van der Waals surface area (Å²) in [6.45, 7) is 11.2. The first-order valence-corrected chi connectivity index (χ1v) is 20.2. The quantitative estimate of drug-likeness (QED) is 0.0555. The van der Waals surface area contributed by atoms with Crippen LogP contribution in [0.4, 0.5) is 17.2 Å². The number of nitro groups is 2. The highest BCUT2D eigenvalue weighted by molar-refractivity contribution is 7.99. The van der Waals surface area contributed by atoms with Crippen molar-refractivity contribution < 1.29 is 39.0 Å². The van der Waals surface area contributed by atoms with E-state index < -0.39 is 63.3 Å². The molecule has 55 heavy (non-hydrogen) atoms. The maximum atomic E-state index is 11.5. The molecule has 0 aromatic carbocycles. The second kappa shape index (κ2) is 19.3. The predicted molar refractivity (Wildman–Crippen MR) is 208 cm³/mol. The minimum Gasteiger partial charge on any atom is -0.386 e. The Labute approximate surface area is 340 Å². The molecule has 6 rings (SSSR count). The highest BCUT2D eigenvalue weighted by atomic mass is 35.5. The number of nitrogens with one attached hydrogen (secondary N) is 1. The zero-order chi connectivity index (χ0) is 40.8. The van der Waals surface area contributed by atoms with Crippen LogP contribution in [-0.2, 0) is 18.9 Å². The van der Waals surface area contributed by atoms with Crippen molar-refractivity contribution in [3.8, 4) is 0 Å². The van der Waals surface area contributed by atoms with E-state index in [2.05, 4.69) is 25.3 Å². The predicted octanol–water partition coefficient (Wildman–Crippen LogP) is 5.73. The molecule has 2 saturated heterocycles. The lowest BCUT2D eigenvalue weighted by molar-refractivity contribution is -0.385. The SMILES string of the molecule is CC1(C)O[C@@H]2[C@H](O1)[C@@H](O)C=C[C@H]2N.CCCSc1nc(Cl)c([N+](=O)[O-])c(Cl)n1.CCCSc1nc(Cl)c([N+](=O)[O-])c(N[C@@H]2C=C[C@H](O)[C@H]3OC(C)(C)O[C@H]32)n1. The Morgan fingerprint density at radius 2 is 1.15 bits per heavy atom. The second-order valence-corrected chi connectivity index (χ2v) is 16.5. The van der Waals surface area contributed by atoms with E-state index in [9.17, 15) is 30.4 Å². The maximum absolute atomic E-state index is 11.5. The highest BCUT2D eigenvalue weighted by Crippen LogP contribution is 2.39. The van der Waals surface area contributed by atoms with E-state index in [0.717, 1.165) is 24.3 Å². The molecule has 0 saturated carbocycles.